The van der Waals surface area contributed by atoms with E-state index in [1.807, 2.05) is 52.0 Å². The first-order chi connectivity index (χ1) is 7.32. The van der Waals surface area contributed by atoms with Gasteiger partial charge in [-0.05, 0) is 39.3 Å². The minimum Gasteiger partial charge on any atom is -0.598 e. The lowest BCUT2D eigenvalue weighted by atomic mass is 10.1. The van der Waals surface area contributed by atoms with Gasteiger partial charge in [-0.3, -0.25) is 0 Å². The highest BCUT2D eigenvalue weighted by Gasteiger charge is 2.28. The Bertz CT molecular complexity index is 351. The van der Waals surface area contributed by atoms with Crippen LogP contribution >= 0.6 is 15.9 Å². The van der Waals surface area contributed by atoms with Gasteiger partial charge in [0.2, 0.25) is 0 Å². The predicted molar refractivity (Wildman–Crippen MR) is 73.6 cm³/mol. The standard InChI is InChI=1S/C12H18BrNOS/c1-9(14-16(15)12(2,3)4)10-7-5-6-8-11(10)13/h5-9,14H,1-4H3/t9?,16-/m1/s1. The monoisotopic (exact) mass is 303 g/mol. The summed E-state index contributed by atoms with van der Waals surface area (Å²) in [5.41, 5.74) is 1.13. The summed E-state index contributed by atoms with van der Waals surface area (Å²) < 4.78 is 15.9. The summed E-state index contributed by atoms with van der Waals surface area (Å²) >= 11 is 2.45. The smallest absolute Gasteiger partial charge is 0.136 e. The van der Waals surface area contributed by atoms with Crippen LogP contribution in [0.3, 0.4) is 0 Å². The van der Waals surface area contributed by atoms with Crippen LogP contribution in [0.4, 0.5) is 0 Å². The molecule has 0 aliphatic heterocycles. The van der Waals surface area contributed by atoms with E-state index in [2.05, 4.69) is 20.7 Å². The molecule has 1 N–H and O–H groups in total. The summed E-state index contributed by atoms with van der Waals surface area (Å²) in [6.45, 7) is 7.90. The maximum Gasteiger partial charge on any atom is 0.136 e. The lowest BCUT2D eigenvalue weighted by Gasteiger charge is -2.26. The van der Waals surface area contributed by atoms with Gasteiger partial charge in [-0.25, -0.2) is 0 Å². The van der Waals surface area contributed by atoms with Crippen LogP contribution in [-0.4, -0.2) is 9.30 Å². The lowest BCUT2D eigenvalue weighted by molar-refractivity contribution is 0.531. The molecule has 2 nitrogen and oxygen atoms in total. The highest BCUT2D eigenvalue weighted by atomic mass is 79.9. The Labute approximate surface area is 109 Å². The highest BCUT2D eigenvalue weighted by molar-refractivity contribution is 9.10. The van der Waals surface area contributed by atoms with Gasteiger partial charge in [0.05, 0.1) is 6.04 Å². The summed E-state index contributed by atoms with van der Waals surface area (Å²) in [5.74, 6) is 0. The van der Waals surface area contributed by atoms with Gasteiger partial charge in [-0.1, -0.05) is 34.1 Å². The molecule has 2 atom stereocenters. The van der Waals surface area contributed by atoms with E-state index in [1.165, 1.54) is 0 Å². The number of nitrogens with one attached hydrogen (secondary N) is 1. The molecule has 0 aliphatic rings. The van der Waals surface area contributed by atoms with Crippen molar-refractivity contribution in [3.63, 3.8) is 0 Å². The number of hydrogen-bond acceptors (Lipinski definition) is 2. The number of hydrogen-bond donors (Lipinski definition) is 1. The van der Waals surface area contributed by atoms with E-state index in [9.17, 15) is 4.55 Å². The molecule has 4 heteroatoms. The Morgan fingerprint density at radius 2 is 1.88 bits per heavy atom. The summed E-state index contributed by atoms with van der Waals surface area (Å²) in [4.78, 5) is 0. The first-order valence-corrected chi connectivity index (χ1v) is 7.19. The van der Waals surface area contributed by atoms with Gasteiger partial charge in [0.25, 0.3) is 0 Å². The molecule has 0 amide bonds. The fourth-order valence-corrected chi connectivity index (χ4v) is 2.66. The van der Waals surface area contributed by atoms with Gasteiger partial charge in [0.1, 0.15) is 4.75 Å². The Morgan fingerprint density at radius 3 is 2.38 bits per heavy atom. The molecule has 1 aromatic carbocycles. The number of halogens is 1. The van der Waals surface area contributed by atoms with Crippen molar-refractivity contribution in [2.45, 2.75) is 38.5 Å². The van der Waals surface area contributed by atoms with Crippen molar-refractivity contribution < 1.29 is 4.55 Å². The van der Waals surface area contributed by atoms with E-state index < -0.39 is 11.4 Å². The normalized spacial score (nSPS) is 15.9. The molecule has 1 unspecified atom stereocenters. The zero-order valence-electron chi connectivity index (χ0n) is 10.1. The highest BCUT2D eigenvalue weighted by Crippen LogP contribution is 2.25. The fourth-order valence-electron chi connectivity index (χ4n) is 1.23. The second-order valence-electron chi connectivity index (χ2n) is 4.74. The molecule has 0 heterocycles. The Hall–Kier alpha value is -0.0300. The van der Waals surface area contributed by atoms with E-state index in [0.717, 1.165) is 10.0 Å². The van der Waals surface area contributed by atoms with E-state index in [0.29, 0.717) is 0 Å². The van der Waals surface area contributed by atoms with Crippen molar-refractivity contribution in [3.05, 3.63) is 34.3 Å². The Balaban J connectivity index is 2.73. The summed E-state index contributed by atoms with van der Waals surface area (Å²) in [6, 6.07) is 8.05. The molecule has 0 aliphatic carbocycles. The van der Waals surface area contributed by atoms with Gasteiger partial charge in [-0.15, -0.1) is 4.72 Å². The van der Waals surface area contributed by atoms with Crippen LogP contribution in [0.2, 0.25) is 0 Å². The van der Waals surface area contributed by atoms with Crippen LogP contribution in [0.15, 0.2) is 28.7 Å². The maximum atomic E-state index is 11.9. The van der Waals surface area contributed by atoms with Crippen molar-refractivity contribution in [3.8, 4) is 0 Å². The largest absolute Gasteiger partial charge is 0.598 e. The van der Waals surface area contributed by atoms with Gasteiger partial charge in [-0.2, -0.15) is 0 Å². The third-order valence-corrected chi connectivity index (χ3v) is 4.61. The molecule has 0 bridgehead atoms. The molecule has 1 aromatic rings. The predicted octanol–water partition coefficient (Wildman–Crippen LogP) is 3.56. The molecule has 1 rings (SSSR count). The molecule has 16 heavy (non-hydrogen) atoms. The molecule has 0 fully saturated rings. The molecule has 0 spiro atoms. The first-order valence-electron chi connectivity index (χ1n) is 5.25. The van der Waals surface area contributed by atoms with Crippen molar-refractivity contribution in [2.24, 2.45) is 0 Å². The average molecular weight is 304 g/mol. The van der Waals surface area contributed by atoms with Crippen LogP contribution in [0, 0.1) is 0 Å². The van der Waals surface area contributed by atoms with Crippen molar-refractivity contribution in [1.29, 1.82) is 0 Å². The van der Waals surface area contributed by atoms with Gasteiger partial charge >= 0.3 is 0 Å². The van der Waals surface area contributed by atoms with Crippen LogP contribution in [0.25, 0.3) is 0 Å². The van der Waals surface area contributed by atoms with E-state index >= 15 is 0 Å². The number of rotatable bonds is 3. The quantitative estimate of drug-likeness (QED) is 0.867. The van der Waals surface area contributed by atoms with Crippen LogP contribution < -0.4 is 4.72 Å². The zero-order valence-corrected chi connectivity index (χ0v) is 12.5. The second-order valence-corrected chi connectivity index (χ2v) is 7.59. The topological polar surface area (TPSA) is 35.1 Å². The summed E-state index contributed by atoms with van der Waals surface area (Å²) in [7, 11) is 0. The summed E-state index contributed by atoms with van der Waals surface area (Å²) in [6.07, 6.45) is 0. The summed E-state index contributed by atoms with van der Waals surface area (Å²) in [5, 5.41) is 0. The van der Waals surface area contributed by atoms with Crippen LogP contribution in [0.1, 0.15) is 39.3 Å². The molecular formula is C12H18BrNOS. The Kier molecular flexibility index (Phi) is 4.86. The van der Waals surface area contributed by atoms with E-state index in [-0.39, 0.29) is 10.8 Å². The zero-order chi connectivity index (χ0) is 12.3. The third-order valence-electron chi connectivity index (χ3n) is 2.21. The Morgan fingerprint density at radius 1 is 1.31 bits per heavy atom. The fraction of sp³-hybridized carbons (Fsp3) is 0.500. The second kappa shape index (κ2) is 5.54. The van der Waals surface area contributed by atoms with Crippen LogP contribution in [-0.2, 0) is 11.4 Å². The van der Waals surface area contributed by atoms with Gasteiger partial charge in [0.15, 0.2) is 0 Å². The number of benzene rings is 1. The van der Waals surface area contributed by atoms with Gasteiger partial charge < -0.3 is 4.55 Å². The third kappa shape index (κ3) is 3.77. The molecule has 0 aromatic heterocycles. The van der Waals surface area contributed by atoms with Crippen LogP contribution in [0.5, 0.6) is 0 Å². The van der Waals surface area contributed by atoms with E-state index in [1.54, 1.807) is 0 Å². The maximum absolute atomic E-state index is 11.9. The minimum absolute atomic E-state index is 0.0654. The molecular weight excluding hydrogens is 286 g/mol. The van der Waals surface area contributed by atoms with Crippen molar-refractivity contribution in [2.75, 3.05) is 0 Å². The molecule has 0 saturated carbocycles. The first kappa shape index (κ1) is 14.0. The average Bonchev–Trinajstić information content (AvgIpc) is 2.16. The molecule has 90 valence electrons. The van der Waals surface area contributed by atoms with Crippen molar-refractivity contribution in [1.82, 2.24) is 4.72 Å². The van der Waals surface area contributed by atoms with Crippen molar-refractivity contribution >= 4 is 27.3 Å². The SMILES string of the molecule is CC(N[S@+]([O-])C(C)(C)C)c1ccccc1Br. The van der Waals surface area contributed by atoms with Gasteiger partial charge in [0, 0.05) is 15.8 Å². The molecule has 0 radical (unpaired) electrons. The lowest BCUT2D eigenvalue weighted by Crippen LogP contribution is -2.40. The van der Waals surface area contributed by atoms with E-state index in [4.69, 9.17) is 0 Å². The molecule has 0 saturated heterocycles. The minimum atomic E-state index is -1.05.